The van der Waals surface area contributed by atoms with Crippen molar-refractivity contribution in [1.82, 2.24) is 0 Å². The second kappa shape index (κ2) is 7.80. The van der Waals surface area contributed by atoms with Crippen LogP contribution in [0.5, 0.6) is 5.75 Å². The Hall–Kier alpha value is -1.51. The molecule has 2 nitrogen and oxygen atoms in total. The highest BCUT2D eigenvalue weighted by atomic mass is 19.4. The van der Waals surface area contributed by atoms with Crippen molar-refractivity contribution in [1.29, 1.82) is 0 Å². The van der Waals surface area contributed by atoms with E-state index < -0.39 is 30.9 Å². The van der Waals surface area contributed by atoms with Crippen molar-refractivity contribution in [2.45, 2.75) is 57.4 Å². The van der Waals surface area contributed by atoms with Gasteiger partial charge in [0.2, 0.25) is 0 Å². The minimum absolute atomic E-state index is 0.213. The van der Waals surface area contributed by atoms with Crippen molar-refractivity contribution in [2.24, 2.45) is 0 Å². The molecule has 2 atom stereocenters. The number of halogens is 7. The van der Waals surface area contributed by atoms with Crippen LogP contribution in [0.2, 0.25) is 0 Å². The Kier molecular flexibility index (Phi) is 6.72. The lowest BCUT2D eigenvalue weighted by Gasteiger charge is -2.28. The van der Waals surface area contributed by atoms with Crippen molar-refractivity contribution in [3.8, 4) is 5.75 Å². The van der Waals surface area contributed by atoms with Gasteiger partial charge in [0.25, 0.3) is 0 Å². The lowest BCUT2D eigenvalue weighted by Crippen LogP contribution is -2.54. The molecular formula is C16H19F7O2. The first kappa shape index (κ1) is 21.5. The summed E-state index contributed by atoms with van der Waals surface area (Å²) >= 11 is 0. The van der Waals surface area contributed by atoms with Crippen LogP contribution >= 0.6 is 0 Å². The number of hydrogen-bond acceptors (Lipinski definition) is 2. The SMILES string of the molecule is CCC(C)c1ccc(OC(C)OCC(F)(F)C(F)(F)C(F)(F)F)cc1. The third kappa shape index (κ3) is 5.23. The Labute approximate surface area is 140 Å². The van der Waals surface area contributed by atoms with Crippen molar-refractivity contribution in [2.75, 3.05) is 6.61 Å². The average molecular weight is 376 g/mol. The van der Waals surface area contributed by atoms with Crippen LogP contribution in [0.1, 0.15) is 38.7 Å². The maximum Gasteiger partial charge on any atom is 0.459 e. The zero-order valence-corrected chi connectivity index (χ0v) is 13.8. The Morgan fingerprint density at radius 1 is 0.920 bits per heavy atom. The Balaban J connectivity index is 2.64. The first-order chi connectivity index (χ1) is 11.3. The molecule has 0 N–H and O–H groups in total. The molecule has 2 unspecified atom stereocenters. The zero-order chi connectivity index (χ0) is 19.5. The smallest absolute Gasteiger partial charge is 0.459 e. The van der Waals surface area contributed by atoms with E-state index in [-0.39, 0.29) is 5.75 Å². The summed E-state index contributed by atoms with van der Waals surface area (Å²) < 4.78 is 97.2. The van der Waals surface area contributed by atoms with Gasteiger partial charge < -0.3 is 9.47 Å². The Morgan fingerprint density at radius 2 is 1.44 bits per heavy atom. The van der Waals surface area contributed by atoms with Crippen molar-refractivity contribution in [3.05, 3.63) is 29.8 Å². The topological polar surface area (TPSA) is 18.5 Å². The molecule has 0 bridgehead atoms. The maximum absolute atomic E-state index is 13.1. The highest BCUT2D eigenvalue weighted by molar-refractivity contribution is 5.29. The molecule has 1 aromatic rings. The number of alkyl halides is 7. The van der Waals surface area contributed by atoms with Crippen LogP contribution in [0.15, 0.2) is 24.3 Å². The van der Waals surface area contributed by atoms with Crippen molar-refractivity contribution < 1.29 is 40.2 Å². The van der Waals surface area contributed by atoms with E-state index in [1.54, 1.807) is 12.1 Å². The summed E-state index contributed by atoms with van der Waals surface area (Å²) in [5, 5.41) is 0. The van der Waals surface area contributed by atoms with Crippen LogP contribution < -0.4 is 4.74 Å². The van der Waals surface area contributed by atoms with Gasteiger partial charge in [0.1, 0.15) is 12.4 Å². The standard InChI is InChI=1S/C16H19F7O2/c1-4-10(2)12-5-7-13(8-6-12)25-11(3)24-9-14(17,18)15(19,20)16(21,22)23/h5-8,10-11H,4,9H2,1-3H3. The van der Waals surface area contributed by atoms with Gasteiger partial charge in [0.05, 0.1) is 0 Å². The number of hydrogen-bond donors (Lipinski definition) is 0. The van der Waals surface area contributed by atoms with Crippen LogP contribution in [0.4, 0.5) is 30.7 Å². The molecular weight excluding hydrogens is 357 g/mol. The van der Waals surface area contributed by atoms with E-state index in [0.29, 0.717) is 5.92 Å². The van der Waals surface area contributed by atoms with Gasteiger partial charge >= 0.3 is 18.0 Å². The van der Waals surface area contributed by atoms with E-state index in [0.717, 1.165) is 18.9 Å². The molecule has 0 aliphatic heterocycles. The van der Waals surface area contributed by atoms with Gasteiger partial charge in [-0.15, -0.1) is 0 Å². The summed E-state index contributed by atoms with van der Waals surface area (Å²) in [6.45, 7) is 2.99. The summed E-state index contributed by atoms with van der Waals surface area (Å²) in [5.41, 5.74) is 1.01. The van der Waals surface area contributed by atoms with Crippen molar-refractivity contribution in [3.63, 3.8) is 0 Å². The van der Waals surface area contributed by atoms with E-state index in [1.807, 2.05) is 13.8 Å². The maximum atomic E-state index is 13.1. The van der Waals surface area contributed by atoms with Crippen LogP contribution in [-0.2, 0) is 4.74 Å². The average Bonchev–Trinajstić information content (AvgIpc) is 2.51. The largest absolute Gasteiger partial charge is 0.465 e. The summed E-state index contributed by atoms with van der Waals surface area (Å²) in [6.07, 6.45) is -6.91. The van der Waals surface area contributed by atoms with E-state index in [4.69, 9.17) is 4.74 Å². The molecule has 25 heavy (non-hydrogen) atoms. The predicted molar refractivity (Wildman–Crippen MR) is 77.1 cm³/mol. The summed E-state index contributed by atoms with van der Waals surface area (Å²) in [4.78, 5) is 0. The highest BCUT2D eigenvalue weighted by Gasteiger charge is 2.73. The molecule has 0 radical (unpaired) electrons. The first-order valence-corrected chi connectivity index (χ1v) is 7.52. The van der Waals surface area contributed by atoms with Crippen LogP contribution in [0.25, 0.3) is 0 Å². The molecule has 0 aromatic heterocycles. The van der Waals surface area contributed by atoms with Crippen LogP contribution in [0.3, 0.4) is 0 Å². The minimum Gasteiger partial charge on any atom is -0.465 e. The molecule has 0 fully saturated rings. The Bertz CT molecular complexity index is 540. The molecule has 0 aliphatic carbocycles. The second-order valence-corrected chi connectivity index (χ2v) is 5.65. The molecule has 0 spiro atoms. The Morgan fingerprint density at radius 3 is 1.88 bits per heavy atom. The predicted octanol–water partition coefficient (Wildman–Crippen LogP) is 5.77. The van der Waals surface area contributed by atoms with Gasteiger partial charge in [-0.3, -0.25) is 0 Å². The molecule has 1 rings (SSSR count). The molecule has 144 valence electrons. The van der Waals surface area contributed by atoms with Gasteiger partial charge in [0, 0.05) is 0 Å². The summed E-state index contributed by atoms with van der Waals surface area (Å²) in [6, 6.07) is 6.54. The third-order valence-electron chi connectivity index (χ3n) is 3.68. The fourth-order valence-electron chi connectivity index (χ4n) is 1.86. The second-order valence-electron chi connectivity index (χ2n) is 5.65. The summed E-state index contributed by atoms with van der Waals surface area (Å²) in [5.74, 6) is -11.1. The molecule has 9 heteroatoms. The fourth-order valence-corrected chi connectivity index (χ4v) is 1.86. The van der Waals surface area contributed by atoms with E-state index in [2.05, 4.69) is 4.74 Å². The van der Waals surface area contributed by atoms with Gasteiger partial charge in [-0.05, 0) is 37.0 Å². The molecule has 0 aliphatic rings. The van der Waals surface area contributed by atoms with Gasteiger partial charge in [-0.25, -0.2) is 0 Å². The molecule has 0 heterocycles. The summed E-state index contributed by atoms with van der Waals surface area (Å²) in [7, 11) is 0. The highest BCUT2D eigenvalue weighted by Crippen LogP contribution is 2.46. The zero-order valence-electron chi connectivity index (χ0n) is 13.8. The van der Waals surface area contributed by atoms with Crippen LogP contribution in [-0.4, -0.2) is 30.9 Å². The molecule has 0 saturated carbocycles. The monoisotopic (exact) mass is 376 g/mol. The normalized spacial score (nSPS) is 15.8. The van der Waals surface area contributed by atoms with E-state index in [9.17, 15) is 30.7 Å². The van der Waals surface area contributed by atoms with E-state index >= 15 is 0 Å². The van der Waals surface area contributed by atoms with Gasteiger partial charge in [-0.1, -0.05) is 26.0 Å². The number of rotatable bonds is 8. The molecule has 0 saturated heterocycles. The third-order valence-corrected chi connectivity index (χ3v) is 3.68. The number of ether oxygens (including phenoxy) is 2. The quantitative estimate of drug-likeness (QED) is 0.423. The van der Waals surface area contributed by atoms with E-state index in [1.165, 1.54) is 12.1 Å². The van der Waals surface area contributed by atoms with Crippen LogP contribution in [0, 0.1) is 0 Å². The minimum atomic E-state index is -6.38. The number of benzene rings is 1. The lowest BCUT2D eigenvalue weighted by atomic mass is 9.99. The molecule has 1 aromatic carbocycles. The molecule has 0 amide bonds. The van der Waals surface area contributed by atoms with Gasteiger partial charge in [-0.2, -0.15) is 30.7 Å². The van der Waals surface area contributed by atoms with Gasteiger partial charge in [0.15, 0.2) is 6.29 Å². The lowest BCUT2D eigenvalue weighted by molar-refractivity contribution is -0.364. The van der Waals surface area contributed by atoms with Crippen molar-refractivity contribution >= 4 is 0 Å². The fraction of sp³-hybridized carbons (Fsp3) is 0.625. The first-order valence-electron chi connectivity index (χ1n) is 7.52.